The average Bonchev–Trinajstić information content (AvgIpc) is 2.68. The molecule has 2 amide bonds. The van der Waals surface area contributed by atoms with E-state index in [4.69, 9.17) is 0 Å². The number of pyridine rings is 1. The SMILES string of the molecule is O=C(NCc1cccnc1)Nc1ccc(NSc2ccccc2Br)cc1F. The summed E-state index contributed by atoms with van der Waals surface area (Å²) in [4.78, 5) is 16.9. The Morgan fingerprint density at radius 3 is 2.74 bits per heavy atom. The first kappa shape index (κ1) is 19.2. The molecular formula is C19H16BrFN4OS. The lowest BCUT2D eigenvalue weighted by atomic mass is 10.2. The molecule has 0 radical (unpaired) electrons. The highest BCUT2D eigenvalue weighted by Gasteiger charge is 2.08. The van der Waals surface area contributed by atoms with Gasteiger partial charge < -0.3 is 15.4 Å². The van der Waals surface area contributed by atoms with E-state index in [1.165, 1.54) is 24.1 Å². The summed E-state index contributed by atoms with van der Waals surface area (Å²) in [6.07, 6.45) is 3.31. The van der Waals surface area contributed by atoms with Crippen molar-refractivity contribution in [2.45, 2.75) is 11.4 Å². The Morgan fingerprint density at radius 1 is 1.15 bits per heavy atom. The smallest absolute Gasteiger partial charge is 0.319 e. The van der Waals surface area contributed by atoms with Crippen LogP contribution in [0.3, 0.4) is 0 Å². The monoisotopic (exact) mass is 446 g/mol. The molecule has 0 saturated carbocycles. The summed E-state index contributed by atoms with van der Waals surface area (Å²) in [5.41, 5.74) is 1.56. The maximum Gasteiger partial charge on any atom is 0.319 e. The van der Waals surface area contributed by atoms with Gasteiger partial charge in [-0.15, -0.1) is 0 Å². The number of halogens is 2. The van der Waals surface area contributed by atoms with Crippen molar-refractivity contribution in [3.8, 4) is 0 Å². The van der Waals surface area contributed by atoms with Crippen molar-refractivity contribution in [1.29, 1.82) is 0 Å². The molecule has 3 aromatic rings. The molecule has 8 heteroatoms. The third-order valence-corrected chi connectivity index (χ3v) is 5.38. The number of anilines is 2. The van der Waals surface area contributed by atoms with Crippen molar-refractivity contribution in [2.75, 3.05) is 10.0 Å². The highest BCUT2D eigenvalue weighted by Crippen LogP contribution is 2.29. The molecule has 0 aliphatic carbocycles. The minimum Gasteiger partial charge on any atom is -0.334 e. The normalized spacial score (nSPS) is 10.3. The molecule has 3 rings (SSSR count). The molecule has 1 aromatic heterocycles. The van der Waals surface area contributed by atoms with Crippen LogP contribution in [0.25, 0.3) is 0 Å². The van der Waals surface area contributed by atoms with Gasteiger partial charge in [-0.3, -0.25) is 4.98 Å². The molecule has 27 heavy (non-hydrogen) atoms. The van der Waals surface area contributed by atoms with Gasteiger partial charge >= 0.3 is 6.03 Å². The first-order valence-corrected chi connectivity index (χ1v) is 9.63. The second kappa shape index (κ2) is 9.38. The van der Waals surface area contributed by atoms with E-state index in [0.29, 0.717) is 12.2 Å². The van der Waals surface area contributed by atoms with Crippen LogP contribution in [0, 0.1) is 5.82 Å². The number of benzene rings is 2. The van der Waals surface area contributed by atoms with E-state index >= 15 is 0 Å². The number of amides is 2. The molecule has 0 saturated heterocycles. The Labute approximate surface area is 169 Å². The summed E-state index contributed by atoms with van der Waals surface area (Å²) >= 11 is 4.83. The maximum absolute atomic E-state index is 14.3. The molecule has 2 aromatic carbocycles. The number of urea groups is 1. The van der Waals surface area contributed by atoms with E-state index in [0.717, 1.165) is 14.9 Å². The van der Waals surface area contributed by atoms with Crippen LogP contribution in [-0.2, 0) is 6.54 Å². The number of carbonyl (C=O) groups excluding carboxylic acids is 1. The van der Waals surface area contributed by atoms with Crippen molar-refractivity contribution in [3.05, 3.63) is 82.8 Å². The quantitative estimate of drug-likeness (QED) is 0.442. The van der Waals surface area contributed by atoms with Crippen LogP contribution in [0.2, 0.25) is 0 Å². The van der Waals surface area contributed by atoms with E-state index in [9.17, 15) is 9.18 Å². The summed E-state index contributed by atoms with van der Waals surface area (Å²) in [6.45, 7) is 0.309. The van der Waals surface area contributed by atoms with Crippen LogP contribution in [0.15, 0.2) is 76.4 Å². The van der Waals surface area contributed by atoms with Crippen LogP contribution in [0.1, 0.15) is 5.56 Å². The molecule has 0 aliphatic rings. The van der Waals surface area contributed by atoms with Crippen molar-refractivity contribution in [2.24, 2.45) is 0 Å². The second-order valence-electron chi connectivity index (χ2n) is 5.50. The fourth-order valence-corrected chi connectivity index (χ4v) is 3.37. The van der Waals surface area contributed by atoms with Gasteiger partial charge in [0.15, 0.2) is 0 Å². The molecule has 0 atom stereocenters. The molecule has 0 bridgehead atoms. The van der Waals surface area contributed by atoms with Gasteiger partial charge in [-0.05, 0) is 69.8 Å². The fraction of sp³-hybridized carbons (Fsp3) is 0.0526. The highest BCUT2D eigenvalue weighted by molar-refractivity contribution is 9.10. The zero-order chi connectivity index (χ0) is 19.1. The number of hydrogen-bond donors (Lipinski definition) is 3. The van der Waals surface area contributed by atoms with Crippen LogP contribution in [0.4, 0.5) is 20.6 Å². The number of rotatable bonds is 6. The molecule has 0 spiro atoms. The van der Waals surface area contributed by atoms with Crippen LogP contribution in [-0.4, -0.2) is 11.0 Å². The lowest BCUT2D eigenvalue weighted by molar-refractivity contribution is 0.251. The van der Waals surface area contributed by atoms with E-state index < -0.39 is 11.8 Å². The molecule has 3 N–H and O–H groups in total. The van der Waals surface area contributed by atoms with Gasteiger partial charge in [0, 0.05) is 34.0 Å². The Hall–Kier alpha value is -2.58. The Bertz CT molecular complexity index is 927. The first-order chi connectivity index (χ1) is 13.1. The zero-order valence-electron chi connectivity index (χ0n) is 14.1. The Kier molecular flexibility index (Phi) is 6.67. The summed E-state index contributed by atoms with van der Waals surface area (Å²) in [6, 6.07) is 15.4. The van der Waals surface area contributed by atoms with Gasteiger partial charge in [0.05, 0.1) is 5.69 Å². The Balaban J connectivity index is 1.54. The van der Waals surface area contributed by atoms with E-state index in [-0.39, 0.29) is 5.69 Å². The predicted octanol–water partition coefficient (Wildman–Crippen LogP) is 5.42. The number of carbonyl (C=O) groups is 1. The van der Waals surface area contributed by atoms with E-state index in [1.807, 2.05) is 30.3 Å². The molecule has 0 unspecified atom stereocenters. The number of nitrogens with zero attached hydrogens (tertiary/aromatic N) is 1. The third kappa shape index (κ3) is 5.70. The predicted molar refractivity (Wildman–Crippen MR) is 110 cm³/mol. The molecular weight excluding hydrogens is 431 g/mol. The van der Waals surface area contributed by atoms with Gasteiger partial charge in [0.25, 0.3) is 0 Å². The number of aromatic nitrogens is 1. The highest BCUT2D eigenvalue weighted by atomic mass is 79.9. The number of nitrogens with one attached hydrogen (secondary N) is 3. The van der Waals surface area contributed by atoms with E-state index in [2.05, 4.69) is 36.3 Å². The second-order valence-corrected chi connectivity index (χ2v) is 7.20. The lowest BCUT2D eigenvalue weighted by Gasteiger charge is -2.11. The summed E-state index contributed by atoms with van der Waals surface area (Å²) < 4.78 is 18.3. The van der Waals surface area contributed by atoms with Gasteiger partial charge in [-0.2, -0.15) is 0 Å². The molecule has 138 valence electrons. The largest absolute Gasteiger partial charge is 0.334 e. The molecule has 0 aliphatic heterocycles. The topological polar surface area (TPSA) is 66.0 Å². The van der Waals surface area contributed by atoms with Crippen molar-refractivity contribution < 1.29 is 9.18 Å². The molecule has 1 heterocycles. The van der Waals surface area contributed by atoms with E-state index in [1.54, 1.807) is 24.5 Å². The minimum absolute atomic E-state index is 0.107. The first-order valence-electron chi connectivity index (χ1n) is 8.02. The maximum atomic E-state index is 14.3. The van der Waals surface area contributed by atoms with Gasteiger partial charge in [0.2, 0.25) is 0 Å². The average molecular weight is 447 g/mol. The number of hydrogen-bond acceptors (Lipinski definition) is 4. The van der Waals surface area contributed by atoms with Gasteiger partial charge in [0.1, 0.15) is 5.82 Å². The van der Waals surface area contributed by atoms with Crippen LogP contribution >= 0.6 is 27.9 Å². The third-order valence-electron chi connectivity index (χ3n) is 3.51. The summed E-state index contributed by atoms with van der Waals surface area (Å²) in [7, 11) is 0. The molecule has 5 nitrogen and oxygen atoms in total. The minimum atomic E-state index is -0.524. The van der Waals surface area contributed by atoms with Gasteiger partial charge in [-0.1, -0.05) is 18.2 Å². The van der Waals surface area contributed by atoms with Gasteiger partial charge in [-0.25, -0.2) is 9.18 Å². The van der Waals surface area contributed by atoms with Crippen molar-refractivity contribution >= 4 is 45.3 Å². The lowest BCUT2D eigenvalue weighted by Crippen LogP contribution is -2.28. The van der Waals surface area contributed by atoms with Crippen molar-refractivity contribution in [3.63, 3.8) is 0 Å². The summed E-state index contributed by atoms with van der Waals surface area (Å²) in [5.74, 6) is -0.524. The van der Waals surface area contributed by atoms with Crippen LogP contribution < -0.4 is 15.4 Å². The van der Waals surface area contributed by atoms with Crippen molar-refractivity contribution in [1.82, 2.24) is 10.3 Å². The van der Waals surface area contributed by atoms with Crippen LogP contribution in [0.5, 0.6) is 0 Å². The molecule has 0 fully saturated rings. The Morgan fingerprint density at radius 2 is 2.00 bits per heavy atom. The zero-order valence-corrected chi connectivity index (χ0v) is 16.5. The fourth-order valence-electron chi connectivity index (χ4n) is 2.17. The standard InChI is InChI=1S/C19H16BrFN4OS/c20-15-5-1-2-6-18(15)27-25-14-7-8-17(16(21)10-14)24-19(26)23-12-13-4-3-9-22-11-13/h1-11,25H,12H2,(H2,23,24,26). The summed E-state index contributed by atoms with van der Waals surface area (Å²) in [5, 5.41) is 5.16.